The molecule has 0 aliphatic heterocycles. The van der Waals surface area contributed by atoms with Crippen LogP contribution >= 0.6 is 15.9 Å². The van der Waals surface area contributed by atoms with E-state index < -0.39 is 5.91 Å². The lowest BCUT2D eigenvalue weighted by molar-refractivity contribution is -0.112. The maximum Gasteiger partial charge on any atom is 0.266 e. The van der Waals surface area contributed by atoms with E-state index in [1.807, 2.05) is 50.2 Å². The van der Waals surface area contributed by atoms with Gasteiger partial charge in [0.15, 0.2) is 0 Å². The van der Waals surface area contributed by atoms with Crippen molar-refractivity contribution in [1.29, 1.82) is 5.26 Å². The second-order valence-corrected chi connectivity index (χ2v) is 7.90. The van der Waals surface area contributed by atoms with Crippen molar-refractivity contribution in [2.75, 3.05) is 5.32 Å². The molecule has 0 heterocycles. The topological polar surface area (TPSA) is 52.9 Å². The second kappa shape index (κ2) is 9.51. The molecule has 3 nitrogen and oxygen atoms in total. The minimum atomic E-state index is -0.483. The van der Waals surface area contributed by atoms with E-state index in [-0.39, 0.29) is 11.4 Å². The highest BCUT2D eigenvalue weighted by atomic mass is 79.9. The Morgan fingerprint density at radius 3 is 2.60 bits per heavy atom. The van der Waals surface area contributed by atoms with Gasteiger partial charge in [-0.2, -0.15) is 5.26 Å². The van der Waals surface area contributed by atoms with Crippen LogP contribution in [0.15, 0.2) is 70.7 Å². The van der Waals surface area contributed by atoms with Crippen LogP contribution in [-0.4, -0.2) is 5.91 Å². The van der Waals surface area contributed by atoms with Crippen LogP contribution in [0.3, 0.4) is 0 Å². The lowest BCUT2D eigenvalue weighted by Crippen LogP contribution is -2.14. The molecular formula is C25H20BrFN2O. The molecule has 0 unspecified atom stereocenters. The standard InChI is InChI=1S/C25H20BrFN2O/c1-16-6-5-9-24(17(16)2)29-25(30)21(15-28)13-20-14-22(26)11-10-18(20)12-19-7-3-4-8-23(19)27/h3-11,13-14H,12H2,1-2H3,(H,29,30)/b21-13+. The lowest BCUT2D eigenvalue weighted by atomic mass is 9.98. The van der Waals surface area contributed by atoms with Crippen LogP contribution in [0.5, 0.6) is 0 Å². The molecular weight excluding hydrogens is 443 g/mol. The Morgan fingerprint density at radius 2 is 1.87 bits per heavy atom. The summed E-state index contributed by atoms with van der Waals surface area (Å²) in [4.78, 5) is 12.7. The van der Waals surface area contributed by atoms with E-state index in [1.165, 1.54) is 6.07 Å². The summed E-state index contributed by atoms with van der Waals surface area (Å²) in [7, 11) is 0. The van der Waals surface area contributed by atoms with Gasteiger partial charge in [0.25, 0.3) is 5.91 Å². The van der Waals surface area contributed by atoms with E-state index in [9.17, 15) is 14.4 Å². The first-order chi connectivity index (χ1) is 14.4. The molecule has 3 rings (SSSR count). The first kappa shape index (κ1) is 21.5. The fourth-order valence-corrected chi connectivity index (χ4v) is 3.47. The number of hydrogen-bond donors (Lipinski definition) is 1. The summed E-state index contributed by atoms with van der Waals surface area (Å²) in [6.45, 7) is 3.88. The van der Waals surface area contributed by atoms with Crippen LogP contribution in [-0.2, 0) is 11.2 Å². The van der Waals surface area contributed by atoms with E-state index in [2.05, 4.69) is 21.2 Å². The number of amides is 1. The van der Waals surface area contributed by atoms with Crippen molar-refractivity contribution in [1.82, 2.24) is 0 Å². The van der Waals surface area contributed by atoms with Gasteiger partial charge in [-0.3, -0.25) is 4.79 Å². The molecule has 0 spiro atoms. The lowest BCUT2D eigenvalue weighted by Gasteiger charge is -2.11. The van der Waals surface area contributed by atoms with Crippen LogP contribution in [0.1, 0.15) is 27.8 Å². The van der Waals surface area contributed by atoms with Crippen molar-refractivity contribution in [3.8, 4) is 6.07 Å². The first-order valence-corrected chi connectivity index (χ1v) is 10.2. The fraction of sp³-hybridized carbons (Fsp3) is 0.120. The Morgan fingerprint density at radius 1 is 1.10 bits per heavy atom. The van der Waals surface area contributed by atoms with Crippen molar-refractivity contribution in [2.24, 2.45) is 0 Å². The van der Waals surface area contributed by atoms with E-state index in [0.29, 0.717) is 23.2 Å². The number of anilines is 1. The van der Waals surface area contributed by atoms with E-state index in [4.69, 9.17) is 0 Å². The van der Waals surface area contributed by atoms with Gasteiger partial charge in [-0.15, -0.1) is 0 Å². The number of rotatable bonds is 5. The van der Waals surface area contributed by atoms with Crippen LogP contribution in [0.2, 0.25) is 0 Å². The number of benzene rings is 3. The predicted molar refractivity (Wildman–Crippen MR) is 121 cm³/mol. The van der Waals surface area contributed by atoms with Gasteiger partial charge in [0.05, 0.1) is 0 Å². The number of aryl methyl sites for hydroxylation is 1. The van der Waals surface area contributed by atoms with Gasteiger partial charge >= 0.3 is 0 Å². The molecule has 150 valence electrons. The highest BCUT2D eigenvalue weighted by Gasteiger charge is 2.14. The molecule has 0 saturated heterocycles. The molecule has 5 heteroatoms. The molecule has 0 aromatic heterocycles. The zero-order valence-corrected chi connectivity index (χ0v) is 18.3. The van der Waals surface area contributed by atoms with Crippen LogP contribution in [0.25, 0.3) is 6.08 Å². The minimum absolute atomic E-state index is 0.0243. The maximum atomic E-state index is 14.1. The number of nitrogens with one attached hydrogen (secondary N) is 1. The van der Waals surface area contributed by atoms with Gasteiger partial charge < -0.3 is 5.32 Å². The second-order valence-electron chi connectivity index (χ2n) is 6.98. The molecule has 0 fully saturated rings. The largest absolute Gasteiger partial charge is 0.321 e. The number of hydrogen-bond acceptors (Lipinski definition) is 2. The molecule has 1 N–H and O–H groups in total. The van der Waals surface area contributed by atoms with Crippen LogP contribution in [0, 0.1) is 31.0 Å². The first-order valence-electron chi connectivity index (χ1n) is 9.40. The zero-order chi connectivity index (χ0) is 21.7. The van der Waals surface area contributed by atoms with E-state index >= 15 is 0 Å². The minimum Gasteiger partial charge on any atom is -0.321 e. The normalized spacial score (nSPS) is 11.1. The molecule has 0 radical (unpaired) electrons. The van der Waals surface area contributed by atoms with Gasteiger partial charge in [-0.25, -0.2) is 4.39 Å². The van der Waals surface area contributed by atoms with Crippen molar-refractivity contribution < 1.29 is 9.18 Å². The molecule has 3 aromatic carbocycles. The summed E-state index contributed by atoms with van der Waals surface area (Å²) < 4.78 is 14.9. The van der Waals surface area contributed by atoms with Gasteiger partial charge in [0, 0.05) is 16.6 Å². The molecule has 3 aromatic rings. The summed E-state index contributed by atoms with van der Waals surface area (Å²) in [6, 6.07) is 19.7. The summed E-state index contributed by atoms with van der Waals surface area (Å²) in [5.74, 6) is -0.772. The maximum absolute atomic E-state index is 14.1. The Balaban J connectivity index is 1.94. The number of halogens is 2. The van der Waals surface area contributed by atoms with Crippen LogP contribution in [0.4, 0.5) is 10.1 Å². The summed E-state index contributed by atoms with van der Waals surface area (Å²) in [5.41, 5.74) is 4.69. The fourth-order valence-electron chi connectivity index (χ4n) is 3.09. The number of nitrogens with zero attached hydrogens (tertiary/aromatic N) is 1. The molecule has 0 bridgehead atoms. The third kappa shape index (κ3) is 5.03. The molecule has 0 atom stereocenters. The molecule has 1 amide bonds. The summed E-state index contributed by atoms with van der Waals surface area (Å²) in [6.07, 6.45) is 1.89. The summed E-state index contributed by atoms with van der Waals surface area (Å²) in [5, 5.41) is 12.4. The summed E-state index contributed by atoms with van der Waals surface area (Å²) >= 11 is 3.43. The number of carbonyl (C=O) groups is 1. The Labute approximate surface area is 184 Å². The quantitative estimate of drug-likeness (QED) is 0.355. The van der Waals surface area contributed by atoms with Gasteiger partial charge in [0.2, 0.25) is 0 Å². The zero-order valence-electron chi connectivity index (χ0n) is 16.7. The molecule has 30 heavy (non-hydrogen) atoms. The SMILES string of the molecule is Cc1cccc(NC(=O)/C(C#N)=C/c2cc(Br)ccc2Cc2ccccc2F)c1C. The van der Waals surface area contributed by atoms with Crippen molar-refractivity contribution in [3.05, 3.63) is 104 Å². The molecule has 0 saturated carbocycles. The Kier molecular flexibility index (Phi) is 6.81. The molecule has 0 aliphatic carbocycles. The van der Waals surface area contributed by atoms with Crippen molar-refractivity contribution in [2.45, 2.75) is 20.3 Å². The molecule has 0 aliphatic rings. The van der Waals surface area contributed by atoms with E-state index in [1.54, 1.807) is 30.3 Å². The van der Waals surface area contributed by atoms with Crippen molar-refractivity contribution >= 4 is 33.6 Å². The third-order valence-corrected chi connectivity index (χ3v) is 5.46. The van der Waals surface area contributed by atoms with Gasteiger partial charge in [-0.1, -0.05) is 52.3 Å². The van der Waals surface area contributed by atoms with Gasteiger partial charge in [0.1, 0.15) is 17.5 Å². The van der Waals surface area contributed by atoms with Gasteiger partial charge in [-0.05, 0) is 72.0 Å². The van der Waals surface area contributed by atoms with Crippen LogP contribution < -0.4 is 5.32 Å². The van der Waals surface area contributed by atoms with E-state index in [0.717, 1.165) is 21.2 Å². The highest BCUT2D eigenvalue weighted by Crippen LogP contribution is 2.24. The number of nitriles is 1. The van der Waals surface area contributed by atoms with Crippen molar-refractivity contribution in [3.63, 3.8) is 0 Å². The third-order valence-electron chi connectivity index (χ3n) is 4.96. The average molecular weight is 463 g/mol. The monoisotopic (exact) mass is 462 g/mol. The smallest absolute Gasteiger partial charge is 0.266 e. The Hall–Kier alpha value is -3.23. The predicted octanol–water partition coefficient (Wildman–Crippen LogP) is 6.34. The highest BCUT2D eigenvalue weighted by molar-refractivity contribution is 9.10. The Bertz CT molecular complexity index is 1180. The number of carbonyl (C=O) groups excluding carboxylic acids is 1. The average Bonchev–Trinajstić information content (AvgIpc) is 2.72.